The first kappa shape index (κ1) is 12.9. The molecule has 2 aromatic rings. The van der Waals surface area contributed by atoms with Gasteiger partial charge in [-0.3, -0.25) is 9.59 Å². The van der Waals surface area contributed by atoms with Gasteiger partial charge in [-0.15, -0.1) is 10.2 Å². The Kier molecular flexibility index (Phi) is 4.21. The SMILES string of the molecule is O=C(CCn1cc(Br)ccc1=O)Nc1nncs1. The van der Waals surface area contributed by atoms with E-state index in [1.165, 1.54) is 27.5 Å². The minimum absolute atomic E-state index is 0.137. The summed E-state index contributed by atoms with van der Waals surface area (Å²) in [7, 11) is 0. The molecule has 0 aliphatic rings. The molecule has 1 N–H and O–H groups in total. The summed E-state index contributed by atoms with van der Waals surface area (Å²) in [5.74, 6) is -0.196. The van der Waals surface area contributed by atoms with Crippen molar-refractivity contribution in [1.29, 1.82) is 0 Å². The van der Waals surface area contributed by atoms with Gasteiger partial charge >= 0.3 is 0 Å². The number of amides is 1. The van der Waals surface area contributed by atoms with E-state index in [2.05, 4.69) is 31.4 Å². The number of hydrogen-bond donors (Lipinski definition) is 1. The maximum absolute atomic E-state index is 11.6. The number of carbonyl (C=O) groups is 1. The van der Waals surface area contributed by atoms with Crippen molar-refractivity contribution in [3.05, 3.63) is 38.7 Å². The highest BCUT2D eigenvalue weighted by Crippen LogP contribution is 2.09. The van der Waals surface area contributed by atoms with E-state index in [1.54, 1.807) is 12.3 Å². The second kappa shape index (κ2) is 5.87. The zero-order valence-corrected chi connectivity index (χ0v) is 11.6. The molecule has 2 aromatic heterocycles. The third-order valence-corrected chi connectivity index (χ3v) is 3.21. The summed E-state index contributed by atoms with van der Waals surface area (Å²) < 4.78 is 2.27. The minimum atomic E-state index is -0.196. The van der Waals surface area contributed by atoms with Crippen molar-refractivity contribution in [3.8, 4) is 0 Å². The Hall–Kier alpha value is -1.54. The Balaban J connectivity index is 1.93. The second-order valence-electron chi connectivity index (χ2n) is 3.42. The molecule has 0 fully saturated rings. The maximum Gasteiger partial charge on any atom is 0.250 e. The second-order valence-corrected chi connectivity index (χ2v) is 5.17. The molecule has 2 rings (SSSR count). The molecule has 94 valence electrons. The van der Waals surface area contributed by atoms with Crippen molar-refractivity contribution < 1.29 is 4.79 Å². The minimum Gasteiger partial charge on any atom is -0.314 e. The molecule has 0 aliphatic heterocycles. The van der Waals surface area contributed by atoms with Gasteiger partial charge in [-0.2, -0.15) is 0 Å². The third-order valence-electron chi connectivity index (χ3n) is 2.13. The average molecular weight is 329 g/mol. The fraction of sp³-hybridized carbons (Fsp3) is 0.200. The van der Waals surface area contributed by atoms with Crippen LogP contribution in [0.2, 0.25) is 0 Å². The molecule has 2 heterocycles. The van der Waals surface area contributed by atoms with Gasteiger partial charge in [0.25, 0.3) is 5.56 Å². The van der Waals surface area contributed by atoms with E-state index in [0.717, 1.165) is 4.47 Å². The van der Waals surface area contributed by atoms with Crippen LogP contribution in [-0.4, -0.2) is 20.7 Å². The van der Waals surface area contributed by atoms with Crippen LogP contribution >= 0.6 is 27.3 Å². The number of halogens is 1. The van der Waals surface area contributed by atoms with Crippen molar-refractivity contribution in [2.75, 3.05) is 5.32 Å². The summed E-state index contributed by atoms with van der Waals surface area (Å²) in [6, 6.07) is 3.12. The molecule has 0 saturated carbocycles. The molecule has 8 heteroatoms. The number of rotatable bonds is 4. The fourth-order valence-electron chi connectivity index (χ4n) is 1.31. The van der Waals surface area contributed by atoms with Crippen LogP contribution in [0.3, 0.4) is 0 Å². The van der Waals surface area contributed by atoms with Gasteiger partial charge in [-0.05, 0) is 22.0 Å². The van der Waals surface area contributed by atoms with E-state index in [4.69, 9.17) is 0 Å². The monoisotopic (exact) mass is 328 g/mol. The van der Waals surface area contributed by atoms with Crippen LogP contribution in [-0.2, 0) is 11.3 Å². The molecule has 1 amide bonds. The van der Waals surface area contributed by atoms with Crippen LogP contribution < -0.4 is 10.9 Å². The molecular weight excluding hydrogens is 320 g/mol. The van der Waals surface area contributed by atoms with Crippen LogP contribution in [0.15, 0.2) is 33.1 Å². The molecule has 0 bridgehead atoms. The lowest BCUT2D eigenvalue weighted by atomic mass is 10.4. The van der Waals surface area contributed by atoms with Gasteiger partial charge in [0, 0.05) is 29.7 Å². The zero-order valence-electron chi connectivity index (χ0n) is 9.17. The molecule has 6 nitrogen and oxygen atoms in total. The van der Waals surface area contributed by atoms with Gasteiger partial charge in [0.15, 0.2) is 0 Å². The Morgan fingerprint density at radius 1 is 1.50 bits per heavy atom. The molecule has 0 aliphatic carbocycles. The number of anilines is 1. The summed E-state index contributed by atoms with van der Waals surface area (Å²) in [6.45, 7) is 0.322. The molecule has 0 atom stereocenters. The topological polar surface area (TPSA) is 76.9 Å². The molecule has 0 aromatic carbocycles. The van der Waals surface area contributed by atoms with E-state index in [1.807, 2.05) is 0 Å². The standard InChI is InChI=1S/C10H9BrN4O2S/c11-7-1-2-9(17)15(5-7)4-3-8(16)13-10-14-12-6-18-10/h1-2,5-6H,3-4H2,(H,13,14,16). The highest BCUT2D eigenvalue weighted by atomic mass is 79.9. The zero-order chi connectivity index (χ0) is 13.0. The maximum atomic E-state index is 11.6. The van der Waals surface area contributed by atoms with Gasteiger partial charge in [0.2, 0.25) is 11.0 Å². The Morgan fingerprint density at radius 2 is 2.33 bits per heavy atom. The van der Waals surface area contributed by atoms with Crippen molar-refractivity contribution in [2.24, 2.45) is 0 Å². The Morgan fingerprint density at radius 3 is 3.06 bits per heavy atom. The van der Waals surface area contributed by atoms with Gasteiger partial charge in [-0.1, -0.05) is 11.3 Å². The number of aromatic nitrogens is 3. The van der Waals surface area contributed by atoms with Crippen LogP contribution in [0.25, 0.3) is 0 Å². The average Bonchev–Trinajstić information content (AvgIpc) is 2.83. The van der Waals surface area contributed by atoms with Gasteiger partial charge in [-0.25, -0.2) is 0 Å². The molecule has 0 radical (unpaired) electrons. The first-order chi connectivity index (χ1) is 8.65. The van der Waals surface area contributed by atoms with Gasteiger partial charge in [0.05, 0.1) is 0 Å². The van der Waals surface area contributed by atoms with Gasteiger partial charge < -0.3 is 9.88 Å². The summed E-state index contributed by atoms with van der Waals surface area (Å²) >= 11 is 4.52. The quantitative estimate of drug-likeness (QED) is 0.922. The van der Waals surface area contributed by atoms with Crippen molar-refractivity contribution in [1.82, 2.24) is 14.8 Å². The number of carbonyl (C=O) groups excluding carboxylic acids is 1. The predicted octanol–water partition coefficient (Wildman–Crippen LogP) is 1.49. The highest BCUT2D eigenvalue weighted by molar-refractivity contribution is 9.10. The van der Waals surface area contributed by atoms with Crippen LogP contribution in [0.5, 0.6) is 0 Å². The van der Waals surface area contributed by atoms with Crippen molar-refractivity contribution >= 4 is 38.3 Å². The van der Waals surface area contributed by atoms with Crippen LogP contribution in [0.4, 0.5) is 5.13 Å². The number of aryl methyl sites for hydroxylation is 1. The van der Waals surface area contributed by atoms with E-state index >= 15 is 0 Å². The van der Waals surface area contributed by atoms with Crippen LogP contribution in [0, 0.1) is 0 Å². The van der Waals surface area contributed by atoms with Gasteiger partial charge in [0.1, 0.15) is 5.51 Å². The highest BCUT2D eigenvalue weighted by Gasteiger charge is 2.05. The van der Waals surface area contributed by atoms with Crippen molar-refractivity contribution in [3.63, 3.8) is 0 Å². The van der Waals surface area contributed by atoms with E-state index in [-0.39, 0.29) is 17.9 Å². The first-order valence-corrected chi connectivity index (χ1v) is 6.74. The number of nitrogens with zero attached hydrogens (tertiary/aromatic N) is 3. The lowest BCUT2D eigenvalue weighted by molar-refractivity contribution is -0.116. The summed E-state index contributed by atoms with van der Waals surface area (Å²) in [6.07, 6.45) is 1.86. The molecule has 0 unspecified atom stereocenters. The Bertz CT molecular complexity index is 596. The summed E-state index contributed by atoms with van der Waals surface area (Å²) in [4.78, 5) is 23.1. The summed E-state index contributed by atoms with van der Waals surface area (Å²) in [5, 5.41) is 10.4. The Labute approximate surface area is 115 Å². The third kappa shape index (κ3) is 3.47. The number of nitrogens with one attached hydrogen (secondary N) is 1. The molecule has 18 heavy (non-hydrogen) atoms. The van der Waals surface area contributed by atoms with E-state index in [0.29, 0.717) is 11.7 Å². The fourth-order valence-corrected chi connectivity index (χ4v) is 2.15. The first-order valence-electron chi connectivity index (χ1n) is 5.07. The number of hydrogen-bond acceptors (Lipinski definition) is 5. The molecular formula is C10H9BrN4O2S. The van der Waals surface area contributed by atoms with Crippen molar-refractivity contribution in [2.45, 2.75) is 13.0 Å². The largest absolute Gasteiger partial charge is 0.314 e. The summed E-state index contributed by atoms with van der Waals surface area (Å²) in [5.41, 5.74) is 1.40. The van der Waals surface area contributed by atoms with Crippen LogP contribution in [0.1, 0.15) is 6.42 Å². The molecule has 0 spiro atoms. The molecule has 0 saturated heterocycles. The lowest BCUT2D eigenvalue weighted by Crippen LogP contribution is -2.22. The lowest BCUT2D eigenvalue weighted by Gasteiger charge is -2.05. The predicted molar refractivity (Wildman–Crippen MR) is 71.6 cm³/mol. The van der Waals surface area contributed by atoms with E-state index < -0.39 is 0 Å². The normalized spacial score (nSPS) is 10.3. The smallest absolute Gasteiger partial charge is 0.250 e. The van der Waals surface area contributed by atoms with E-state index in [9.17, 15) is 9.59 Å². The number of pyridine rings is 1.